The number of rotatable bonds is 0. The Morgan fingerprint density at radius 1 is 0.667 bits per heavy atom. The van der Waals surface area contributed by atoms with Gasteiger partial charge in [-0.3, -0.25) is 0 Å². The van der Waals surface area contributed by atoms with Crippen molar-refractivity contribution in [3.05, 3.63) is 0 Å². The second kappa shape index (κ2) is 8.54. The molecule has 0 aliphatic rings. The fourth-order valence-electron chi connectivity index (χ4n) is 0. The average molecular weight is 239 g/mol. The van der Waals surface area contributed by atoms with Crippen molar-refractivity contribution >= 4 is 38.7 Å². The van der Waals surface area contributed by atoms with Crippen molar-refractivity contribution in [1.82, 2.24) is 6.15 Å². The van der Waals surface area contributed by atoms with E-state index in [1.807, 2.05) is 0 Å². The van der Waals surface area contributed by atoms with E-state index < -0.39 is 15.6 Å². The van der Waals surface area contributed by atoms with E-state index in [9.17, 15) is 0 Å². The van der Waals surface area contributed by atoms with E-state index in [0.717, 1.165) is 0 Å². The molecule has 12 heteroatoms. The van der Waals surface area contributed by atoms with Crippen LogP contribution < -0.4 is 6.15 Å². The topological polar surface area (TPSA) is 191 Å². The molecule has 0 aliphatic carbocycles. The van der Waals surface area contributed by atoms with Gasteiger partial charge in [-0.2, -0.15) is 0 Å². The van der Waals surface area contributed by atoms with Gasteiger partial charge in [-0.05, 0) is 0 Å². The minimum atomic E-state index is -4.64. The quantitative estimate of drug-likeness (QED) is 0.175. The first-order valence-electron chi connectivity index (χ1n) is 1.57. The van der Waals surface area contributed by atoms with Crippen molar-refractivity contribution in [1.29, 1.82) is 0 Å². The molecule has 76 valence electrons. The monoisotopic (exact) mass is 239 g/mol. The summed E-state index contributed by atoms with van der Waals surface area (Å²) in [4.78, 5) is 43.1. The maximum absolute atomic E-state index is 8.88. The van der Waals surface area contributed by atoms with Gasteiger partial charge in [-0.1, -0.05) is 0 Å². The summed E-state index contributed by atoms with van der Waals surface area (Å²) in [5, 5.41) is 0. The highest BCUT2D eigenvalue weighted by Crippen LogP contribution is 2.26. The second-order valence-corrected chi connectivity index (χ2v) is 3.08. The van der Waals surface area contributed by atoms with Crippen LogP contribution in [0.25, 0.3) is 0 Å². The van der Waals surface area contributed by atoms with E-state index in [2.05, 4.69) is 0 Å². The smallest absolute Gasteiger partial charge is 0.344 e. The molecule has 0 aliphatic heterocycles. The van der Waals surface area contributed by atoms with Crippen LogP contribution in [0.5, 0.6) is 0 Å². The predicted octanol–water partition coefficient (Wildman–Crippen LogP) is -2.61. The molecule has 0 heterocycles. The Labute approximate surface area is 83.7 Å². The zero-order chi connectivity index (χ0) is 9.00. The molecular weight excluding hydrogens is 228 g/mol. The van der Waals surface area contributed by atoms with Crippen molar-refractivity contribution in [2.75, 3.05) is 0 Å². The summed E-state index contributed by atoms with van der Waals surface area (Å²) in [6, 6.07) is 0. The van der Waals surface area contributed by atoms with Gasteiger partial charge in [0.05, 0.1) is 0 Å². The average Bonchev–Trinajstić information content (AvgIpc) is 1.12. The first kappa shape index (κ1) is 23.1. The van der Waals surface area contributed by atoms with Crippen LogP contribution in [0, 0.1) is 0 Å². The van der Waals surface area contributed by atoms with Gasteiger partial charge in [-0.25, -0.2) is 9.13 Å². The Morgan fingerprint density at radius 2 is 0.667 bits per heavy atom. The summed E-state index contributed by atoms with van der Waals surface area (Å²) in [5.41, 5.74) is 0. The molecule has 0 radical (unpaired) electrons. The summed E-state index contributed by atoms with van der Waals surface area (Å²) in [6.07, 6.45) is 0. The fraction of sp³-hybridized carbons (Fsp3) is 0. The van der Waals surface area contributed by atoms with Crippen LogP contribution in [0.2, 0.25) is 0 Å². The van der Waals surface area contributed by atoms with Crippen LogP contribution in [0.4, 0.5) is 0 Å². The van der Waals surface area contributed by atoms with Crippen molar-refractivity contribution in [2.24, 2.45) is 0 Å². The molecule has 0 fully saturated rings. The Morgan fingerprint density at radius 3 is 0.667 bits per heavy atom. The molecule has 0 bridgehead atoms. The van der Waals surface area contributed by atoms with Crippen LogP contribution in [0.15, 0.2) is 0 Å². The van der Waals surface area contributed by atoms with Crippen molar-refractivity contribution in [3.63, 3.8) is 0 Å². The Balaban J connectivity index is -0.0000000457. The molecule has 9 N–H and O–H groups in total. The van der Waals surface area contributed by atoms with Crippen molar-refractivity contribution in [3.8, 4) is 0 Å². The number of hydrogen-bond acceptors (Lipinski definition) is 3. The van der Waals surface area contributed by atoms with Gasteiger partial charge in [0.2, 0.25) is 0 Å². The Bertz CT molecular complexity index is 129. The van der Waals surface area contributed by atoms with Gasteiger partial charge in [0.1, 0.15) is 0 Å². The molecule has 0 spiro atoms. The molecule has 0 aromatic heterocycles. The van der Waals surface area contributed by atoms with Crippen LogP contribution in [-0.4, -0.2) is 52.4 Å². The molecule has 0 aromatic carbocycles. The standard InChI is InChI=1S/Mg.H3N.2H3O4P.2H/c;;2*1-5(2,3)4;;/h;1H3;2*(H3,1,2,3,4);;. The predicted molar refractivity (Wildman–Crippen MR) is 42.1 cm³/mol. The molecule has 0 saturated heterocycles. The van der Waals surface area contributed by atoms with Crippen LogP contribution in [0.1, 0.15) is 0 Å². The van der Waals surface area contributed by atoms with Gasteiger partial charge < -0.3 is 35.5 Å². The maximum Gasteiger partial charge on any atom is 0.466 e. The summed E-state index contributed by atoms with van der Waals surface area (Å²) in [6.45, 7) is 0. The lowest BCUT2D eigenvalue weighted by Gasteiger charge is -1.82. The van der Waals surface area contributed by atoms with E-state index in [0.29, 0.717) is 0 Å². The van der Waals surface area contributed by atoms with E-state index in [1.54, 1.807) is 0 Å². The van der Waals surface area contributed by atoms with Crippen molar-refractivity contribution < 1.29 is 38.5 Å². The molecule has 0 amide bonds. The fourth-order valence-corrected chi connectivity index (χ4v) is 0. The van der Waals surface area contributed by atoms with Gasteiger partial charge in [0.25, 0.3) is 0 Å². The highest BCUT2D eigenvalue weighted by Gasteiger charge is 2.00. The number of phosphoric acid groups is 2. The zero-order valence-corrected chi connectivity index (χ0v) is 6.89. The van der Waals surface area contributed by atoms with E-state index in [-0.39, 0.29) is 29.2 Å². The third-order valence-corrected chi connectivity index (χ3v) is 0. The molecule has 0 atom stereocenters. The summed E-state index contributed by atoms with van der Waals surface area (Å²) < 4.78 is 17.8. The molecule has 0 unspecified atom stereocenters. The molecule has 9 nitrogen and oxygen atoms in total. The van der Waals surface area contributed by atoms with E-state index in [4.69, 9.17) is 38.5 Å². The number of hydrogen-bond donors (Lipinski definition) is 7. The third-order valence-electron chi connectivity index (χ3n) is 0. The zero-order valence-electron chi connectivity index (χ0n) is 5.10. The molecule has 0 aromatic rings. The van der Waals surface area contributed by atoms with E-state index >= 15 is 0 Å². The highest BCUT2D eigenvalue weighted by atomic mass is 31.2. The SMILES string of the molecule is N.O=P(O)(O)O.O=P(O)(O)O.[MgH2]. The summed E-state index contributed by atoms with van der Waals surface area (Å²) >= 11 is 0. The molecule has 12 heavy (non-hydrogen) atoms. The first-order valence-corrected chi connectivity index (χ1v) is 4.70. The van der Waals surface area contributed by atoms with Crippen LogP contribution in [0.3, 0.4) is 0 Å². The Hall–Kier alpha value is 0.946. The minimum Gasteiger partial charge on any atom is -0.344 e. The summed E-state index contributed by atoms with van der Waals surface area (Å²) in [7, 11) is -9.28. The van der Waals surface area contributed by atoms with Crippen molar-refractivity contribution in [2.45, 2.75) is 0 Å². The first-order chi connectivity index (χ1) is 4.00. The van der Waals surface area contributed by atoms with Gasteiger partial charge >= 0.3 is 38.7 Å². The minimum absolute atomic E-state index is 0. The molecular formula is H11MgNO8P2. The lowest BCUT2D eigenvalue weighted by Crippen LogP contribution is -1.66. The lowest BCUT2D eigenvalue weighted by atomic mass is 14.0. The highest BCUT2D eigenvalue weighted by molar-refractivity contribution is 7.45. The molecule has 0 saturated carbocycles. The van der Waals surface area contributed by atoms with Gasteiger partial charge in [0.15, 0.2) is 0 Å². The van der Waals surface area contributed by atoms with Gasteiger partial charge in [0, 0.05) is 0 Å². The maximum atomic E-state index is 8.88. The molecule has 0 rings (SSSR count). The summed E-state index contributed by atoms with van der Waals surface area (Å²) in [5.74, 6) is 0. The Kier molecular flexibility index (Phi) is 16.4. The largest absolute Gasteiger partial charge is 0.466 e. The van der Waals surface area contributed by atoms with Gasteiger partial charge in [-0.15, -0.1) is 0 Å². The van der Waals surface area contributed by atoms with Crippen LogP contribution in [-0.2, 0) is 9.13 Å². The third kappa shape index (κ3) is 1210. The lowest BCUT2D eigenvalue weighted by molar-refractivity contribution is 0.272. The normalized spacial score (nSPS) is 9.83. The second-order valence-electron chi connectivity index (χ2n) is 1.03. The van der Waals surface area contributed by atoms with Crippen LogP contribution >= 0.6 is 15.6 Å². The van der Waals surface area contributed by atoms with E-state index in [1.165, 1.54) is 0 Å².